The van der Waals surface area contributed by atoms with E-state index in [4.69, 9.17) is 9.47 Å². The molecule has 5 nitrogen and oxygen atoms in total. The summed E-state index contributed by atoms with van der Waals surface area (Å²) in [5.41, 5.74) is 2.81. The van der Waals surface area contributed by atoms with Gasteiger partial charge < -0.3 is 9.47 Å². The van der Waals surface area contributed by atoms with Crippen LogP contribution >= 0.6 is 11.3 Å². The Labute approximate surface area is 131 Å². The Bertz CT molecular complexity index is 728. The van der Waals surface area contributed by atoms with Crippen LogP contribution in [0.1, 0.15) is 16.1 Å². The zero-order valence-corrected chi connectivity index (χ0v) is 12.3. The Kier molecular flexibility index (Phi) is 4.41. The number of nitrogens with zero attached hydrogens (tertiary/aromatic N) is 2. The number of aromatic nitrogens is 2. The van der Waals surface area contributed by atoms with Crippen molar-refractivity contribution in [1.82, 2.24) is 9.97 Å². The highest BCUT2D eigenvalue weighted by Gasteiger charge is 2.09. The number of hydrogen-bond donors (Lipinski definition) is 0. The summed E-state index contributed by atoms with van der Waals surface area (Å²) < 4.78 is 10.8. The van der Waals surface area contributed by atoms with Gasteiger partial charge in [-0.15, -0.1) is 11.3 Å². The van der Waals surface area contributed by atoms with Crippen LogP contribution in [0.4, 0.5) is 0 Å². The van der Waals surface area contributed by atoms with Crippen molar-refractivity contribution in [2.75, 3.05) is 0 Å². The molecule has 0 saturated heterocycles. The lowest BCUT2D eigenvalue weighted by Gasteiger charge is -2.07. The molecule has 0 fully saturated rings. The molecule has 2 aromatic heterocycles. The summed E-state index contributed by atoms with van der Waals surface area (Å²) in [5.74, 6) is 0.949. The van der Waals surface area contributed by atoms with E-state index in [2.05, 4.69) is 9.97 Å². The Hall–Kier alpha value is -2.73. The molecule has 110 valence electrons. The fourth-order valence-electron chi connectivity index (χ4n) is 1.73. The molecule has 0 aliphatic carbocycles. The maximum absolute atomic E-state index is 11.7. The van der Waals surface area contributed by atoms with Crippen LogP contribution in [0.15, 0.2) is 59.7 Å². The van der Waals surface area contributed by atoms with Crippen molar-refractivity contribution in [2.24, 2.45) is 0 Å². The molecule has 0 atom stereocenters. The van der Waals surface area contributed by atoms with Gasteiger partial charge in [-0.1, -0.05) is 12.1 Å². The van der Waals surface area contributed by atoms with Gasteiger partial charge in [-0.05, 0) is 29.8 Å². The standard InChI is InChI=1S/C16H12N2O3S/c19-16(15-10-22-11-18-15)20-9-12-3-5-13(6-4-12)21-14-2-1-7-17-8-14/h1-8,10-11H,9H2. The number of carbonyl (C=O) groups excluding carboxylic acids is 1. The van der Waals surface area contributed by atoms with Crippen molar-refractivity contribution >= 4 is 17.3 Å². The van der Waals surface area contributed by atoms with E-state index in [0.29, 0.717) is 17.2 Å². The molecule has 0 radical (unpaired) electrons. The van der Waals surface area contributed by atoms with Crippen molar-refractivity contribution in [3.05, 3.63) is 70.9 Å². The molecule has 0 unspecified atom stereocenters. The van der Waals surface area contributed by atoms with Gasteiger partial charge in [0.2, 0.25) is 0 Å². The van der Waals surface area contributed by atoms with Gasteiger partial charge in [0.1, 0.15) is 18.1 Å². The first-order valence-electron chi connectivity index (χ1n) is 6.53. The Morgan fingerprint density at radius 3 is 2.68 bits per heavy atom. The number of ether oxygens (including phenoxy) is 2. The molecule has 0 N–H and O–H groups in total. The maximum Gasteiger partial charge on any atom is 0.358 e. The van der Waals surface area contributed by atoms with Crippen molar-refractivity contribution in [2.45, 2.75) is 6.61 Å². The van der Waals surface area contributed by atoms with E-state index in [1.54, 1.807) is 23.3 Å². The van der Waals surface area contributed by atoms with Gasteiger partial charge in [0.05, 0.1) is 11.7 Å². The highest BCUT2D eigenvalue weighted by Crippen LogP contribution is 2.20. The van der Waals surface area contributed by atoms with Crippen molar-refractivity contribution in [3.63, 3.8) is 0 Å². The highest BCUT2D eigenvalue weighted by atomic mass is 32.1. The van der Waals surface area contributed by atoms with Gasteiger partial charge >= 0.3 is 5.97 Å². The normalized spacial score (nSPS) is 10.2. The van der Waals surface area contributed by atoms with Crippen molar-refractivity contribution < 1.29 is 14.3 Å². The molecule has 1 aromatic carbocycles. The number of carbonyl (C=O) groups is 1. The zero-order valence-electron chi connectivity index (χ0n) is 11.5. The number of benzene rings is 1. The predicted octanol–water partition coefficient (Wildman–Crippen LogP) is 3.69. The Morgan fingerprint density at radius 1 is 1.14 bits per heavy atom. The molecular weight excluding hydrogens is 300 g/mol. The van der Waals surface area contributed by atoms with E-state index < -0.39 is 5.97 Å². The predicted molar refractivity (Wildman–Crippen MR) is 82.0 cm³/mol. The van der Waals surface area contributed by atoms with Gasteiger partial charge in [0.25, 0.3) is 0 Å². The zero-order chi connectivity index (χ0) is 15.2. The van der Waals surface area contributed by atoms with Crippen LogP contribution in [0.3, 0.4) is 0 Å². The minimum absolute atomic E-state index is 0.198. The second-order valence-electron chi connectivity index (χ2n) is 4.38. The van der Waals surface area contributed by atoms with Crippen LogP contribution in [0.5, 0.6) is 11.5 Å². The lowest BCUT2D eigenvalue weighted by Crippen LogP contribution is -2.05. The monoisotopic (exact) mass is 312 g/mol. The van der Waals surface area contributed by atoms with E-state index in [1.165, 1.54) is 11.3 Å². The van der Waals surface area contributed by atoms with Crippen LogP contribution in [0.2, 0.25) is 0 Å². The van der Waals surface area contributed by atoms with Gasteiger partial charge in [-0.2, -0.15) is 0 Å². The quantitative estimate of drug-likeness (QED) is 0.672. The largest absolute Gasteiger partial charge is 0.456 e. The molecule has 0 bridgehead atoms. The van der Waals surface area contributed by atoms with Crippen LogP contribution in [0, 0.1) is 0 Å². The van der Waals surface area contributed by atoms with Gasteiger partial charge in [0, 0.05) is 11.6 Å². The first kappa shape index (κ1) is 14.2. The number of thiazole rings is 1. The fourth-order valence-corrected chi connectivity index (χ4v) is 2.25. The summed E-state index contributed by atoms with van der Waals surface area (Å²) in [6, 6.07) is 11.0. The molecule has 0 spiro atoms. The third kappa shape index (κ3) is 3.67. The molecule has 22 heavy (non-hydrogen) atoms. The van der Waals surface area contributed by atoms with Crippen molar-refractivity contribution in [1.29, 1.82) is 0 Å². The van der Waals surface area contributed by atoms with Gasteiger partial charge in [-0.3, -0.25) is 4.98 Å². The van der Waals surface area contributed by atoms with Gasteiger partial charge in [-0.25, -0.2) is 9.78 Å². The van der Waals surface area contributed by atoms with E-state index in [0.717, 1.165) is 5.56 Å². The molecule has 0 amide bonds. The highest BCUT2D eigenvalue weighted by molar-refractivity contribution is 7.07. The van der Waals surface area contributed by atoms with E-state index >= 15 is 0 Å². The van der Waals surface area contributed by atoms with E-state index in [-0.39, 0.29) is 6.61 Å². The average Bonchev–Trinajstić information content (AvgIpc) is 3.09. The first-order valence-corrected chi connectivity index (χ1v) is 7.48. The maximum atomic E-state index is 11.7. The Morgan fingerprint density at radius 2 is 2.00 bits per heavy atom. The van der Waals surface area contributed by atoms with Crippen LogP contribution in [0.25, 0.3) is 0 Å². The number of hydrogen-bond acceptors (Lipinski definition) is 6. The third-order valence-corrected chi connectivity index (χ3v) is 3.39. The summed E-state index contributed by atoms with van der Waals surface area (Å²) in [5, 5.41) is 1.66. The summed E-state index contributed by atoms with van der Waals surface area (Å²) in [6.45, 7) is 0.198. The summed E-state index contributed by atoms with van der Waals surface area (Å²) in [7, 11) is 0. The summed E-state index contributed by atoms with van der Waals surface area (Å²) >= 11 is 1.36. The topological polar surface area (TPSA) is 61.3 Å². The molecule has 2 heterocycles. The molecule has 6 heteroatoms. The third-order valence-electron chi connectivity index (χ3n) is 2.80. The lowest BCUT2D eigenvalue weighted by molar-refractivity contribution is 0.0466. The SMILES string of the molecule is O=C(OCc1ccc(Oc2cccnc2)cc1)c1cscn1. The number of esters is 1. The number of rotatable bonds is 5. The van der Waals surface area contributed by atoms with Crippen LogP contribution in [-0.2, 0) is 11.3 Å². The Balaban J connectivity index is 1.56. The lowest BCUT2D eigenvalue weighted by atomic mass is 10.2. The molecule has 0 aliphatic rings. The number of pyridine rings is 1. The van der Waals surface area contributed by atoms with E-state index in [9.17, 15) is 4.79 Å². The summed E-state index contributed by atoms with van der Waals surface area (Å²) in [6.07, 6.45) is 3.33. The van der Waals surface area contributed by atoms with E-state index in [1.807, 2.05) is 36.4 Å². The minimum Gasteiger partial charge on any atom is -0.456 e. The fraction of sp³-hybridized carbons (Fsp3) is 0.0625. The molecule has 3 aromatic rings. The molecule has 0 aliphatic heterocycles. The smallest absolute Gasteiger partial charge is 0.358 e. The van der Waals surface area contributed by atoms with Crippen LogP contribution in [-0.4, -0.2) is 15.9 Å². The molecular formula is C16H12N2O3S. The van der Waals surface area contributed by atoms with Crippen molar-refractivity contribution in [3.8, 4) is 11.5 Å². The second kappa shape index (κ2) is 6.82. The molecule has 0 saturated carbocycles. The second-order valence-corrected chi connectivity index (χ2v) is 5.10. The first-order chi connectivity index (χ1) is 10.8. The summed E-state index contributed by atoms with van der Waals surface area (Å²) in [4.78, 5) is 19.6. The van der Waals surface area contributed by atoms with Gasteiger partial charge in [0.15, 0.2) is 5.69 Å². The molecule has 3 rings (SSSR count). The van der Waals surface area contributed by atoms with Crippen LogP contribution < -0.4 is 4.74 Å². The average molecular weight is 312 g/mol. The minimum atomic E-state index is -0.420.